The van der Waals surface area contributed by atoms with Crippen molar-refractivity contribution in [3.8, 4) is 0 Å². The van der Waals surface area contributed by atoms with E-state index in [1.54, 1.807) is 107 Å². The van der Waals surface area contributed by atoms with E-state index < -0.39 is 113 Å². The van der Waals surface area contributed by atoms with E-state index in [2.05, 4.69) is 5.32 Å². The second-order valence-electron chi connectivity index (χ2n) is 17.6. The molecule has 63 heavy (non-hydrogen) atoms. The number of hydrogen-bond acceptors (Lipinski definition) is 14. The highest BCUT2D eigenvalue weighted by Gasteiger charge is 2.78. The highest BCUT2D eigenvalue weighted by molar-refractivity contribution is 5.96. The minimum atomic E-state index is -2.34. The molecule has 3 aliphatic carbocycles. The van der Waals surface area contributed by atoms with Crippen molar-refractivity contribution in [2.75, 3.05) is 13.7 Å². The van der Waals surface area contributed by atoms with E-state index in [0.29, 0.717) is 5.56 Å². The average Bonchev–Trinajstić information content (AvgIpc) is 3.25. The van der Waals surface area contributed by atoms with Crippen molar-refractivity contribution >= 4 is 35.6 Å². The van der Waals surface area contributed by atoms with Crippen LogP contribution in [0.4, 0.5) is 0 Å². The minimum absolute atomic E-state index is 0.0377. The molecule has 4 aliphatic rings. The predicted molar refractivity (Wildman–Crippen MR) is 222 cm³/mol. The summed E-state index contributed by atoms with van der Waals surface area (Å²) in [7, 11) is 1.39. The first kappa shape index (κ1) is 45.3. The van der Waals surface area contributed by atoms with Crippen molar-refractivity contribution < 1.29 is 67.4 Å². The maximum atomic E-state index is 15.7. The van der Waals surface area contributed by atoms with E-state index in [1.807, 2.05) is 0 Å². The smallest absolute Gasteiger partial charge is 0.338 e. The Balaban J connectivity index is 1.40. The SMILES string of the molecule is CO[C@H]1C[C@H]2OC[C@@]2(OC(C)=O)C2C(OC(=O)c3ccccc3)[C@]3(O)C[C@H](OC(=O)[C@H](O)[C@@H](NC(=O)c4ccccc4)c4ccccc4)C(C)=C([C@@H](OC(C)=O)C(=O)[C@@]21C)C3(C)C. The minimum Gasteiger partial charge on any atom is -0.456 e. The molecule has 15 nitrogen and oxygen atoms in total. The Morgan fingerprint density at radius 2 is 1.41 bits per heavy atom. The van der Waals surface area contributed by atoms with Crippen LogP contribution in [0.15, 0.2) is 102 Å². The molecule has 2 bridgehead atoms. The van der Waals surface area contributed by atoms with E-state index in [0.717, 1.165) is 6.92 Å². The van der Waals surface area contributed by atoms with Gasteiger partial charge in [-0.2, -0.15) is 0 Å². The summed E-state index contributed by atoms with van der Waals surface area (Å²) in [5.41, 5.74) is -6.45. The van der Waals surface area contributed by atoms with Gasteiger partial charge in [0.25, 0.3) is 5.91 Å². The molecule has 1 saturated heterocycles. The van der Waals surface area contributed by atoms with Gasteiger partial charge in [0.1, 0.15) is 23.9 Å². The first-order chi connectivity index (χ1) is 29.8. The fourth-order valence-corrected chi connectivity index (χ4v) is 10.5. The third kappa shape index (κ3) is 7.64. The molecule has 2 unspecified atom stereocenters. The predicted octanol–water partition coefficient (Wildman–Crippen LogP) is 4.39. The molecule has 3 N–H and O–H groups in total. The molecule has 3 aromatic rings. The van der Waals surface area contributed by atoms with Crippen LogP contribution in [0.25, 0.3) is 0 Å². The van der Waals surface area contributed by atoms with Gasteiger partial charge in [-0.15, -0.1) is 0 Å². The molecule has 0 radical (unpaired) electrons. The number of amides is 1. The summed E-state index contributed by atoms with van der Waals surface area (Å²) in [5, 5.41) is 28.4. The standard InChI is InChI=1S/C48H53NO14/c1-26-32(61-44(56)37(52)36(29-17-11-8-12-18-29)49-42(54)30-19-13-9-14-20-30)24-48(57)41(62-43(55)31-21-15-10-16-22-31)39-46(6,40(53)38(60-27(2)50)35(26)45(48,4)5)33(58-7)23-34-47(39,25-59-34)63-28(3)51/h8-22,32-34,36-39,41,52,57H,23-25H2,1-7H3,(H,49,54)/t32-,33-,34+,36-,37+,38+,39?,41?,46+,47-,48+/m0/s1. The van der Waals surface area contributed by atoms with Crippen molar-refractivity contribution in [1.29, 1.82) is 0 Å². The Morgan fingerprint density at radius 3 is 1.95 bits per heavy atom. The Hall–Kier alpha value is -5.74. The molecule has 3 fully saturated rings. The number of aliphatic hydroxyl groups excluding tert-OH is 1. The molecule has 1 aliphatic heterocycles. The number of nitrogens with one attached hydrogen (secondary N) is 1. The lowest BCUT2D eigenvalue weighted by atomic mass is 9.44. The zero-order valence-corrected chi connectivity index (χ0v) is 36.2. The average molecular weight is 868 g/mol. The molecule has 2 saturated carbocycles. The third-order valence-corrected chi connectivity index (χ3v) is 13.7. The molecule has 11 atom stereocenters. The van der Waals surface area contributed by atoms with Gasteiger partial charge in [0.2, 0.25) is 0 Å². The zero-order valence-electron chi connectivity index (χ0n) is 36.2. The van der Waals surface area contributed by atoms with E-state index in [1.165, 1.54) is 26.2 Å². The number of ether oxygens (including phenoxy) is 6. The van der Waals surface area contributed by atoms with Crippen molar-refractivity contribution in [2.45, 2.75) is 108 Å². The molecule has 1 amide bonds. The number of methoxy groups -OCH3 is 1. The van der Waals surface area contributed by atoms with Crippen LogP contribution in [-0.4, -0.2) is 107 Å². The van der Waals surface area contributed by atoms with Crippen LogP contribution in [0.5, 0.6) is 0 Å². The molecule has 3 aromatic carbocycles. The normalized spacial score (nSPS) is 31.5. The summed E-state index contributed by atoms with van der Waals surface area (Å²) in [6.45, 7) is 8.39. The molecular weight excluding hydrogens is 815 g/mol. The molecule has 7 rings (SSSR count). The van der Waals surface area contributed by atoms with Gasteiger partial charge in [0.15, 0.2) is 23.6 Å². The van der Waals surface area contributed by atoms with E-state index in [4.69, 9.17) is 28.4 Å². The summed E-state index contributed by atoms with van der Waals surface area (Å²) in [6, 6.07) is 23.2. The van der Waals surface area contributed by atoms with Gasteiger partial charge in [0, 0.05) is 44.8 Å². The highest BCUT2D eigenvalue weighted by atomic mass is 16.6. The highest BCUT2D eigenvalue weighted by Crippen LogP contribution is 2.65. The van der Waals surface area contributed by atoms with Crippen LogP contribution in [0, 0.1) is 16.7 Å². The Morgan fingerprint density at radius 1 is 0.825 bits per heavy atom. The Labute approximate surface area is 365 Å². The fourth-order valence-electron chi connectivity index (χ4n) is 10.5. The van der Waals surface area contributed by atoms with Gasteiger partial charge in [-0.1, -0.05) is 80.6 Å². The van der Waals surface area contributed by atoms with Crippen LogP contribution < -0.4 is 5.32 Å². The number of aliphatic hydroxyl groups is 2. The number of rotatable bonds is 11. The first-order valence-corrected chi connectivity index (χ1v) is 20.9. The maximum absolute atomic E-state index is 15.7. The molecule has 0 spiro atoms. The number of hydrogen-bond donors (Lipinski definition) is 3. The van der Waals surface area contributed by atoms with Crippen LogP contribution in [0.1, 0.15) is 86.7 Å². The van der Waals surface area contributed by atoms with Gasteiger partial charge >= 0.3 is 23.9 Å². The van der Waals surface area contributed by atoms with E-state index >= 15 is 4.79 Å². The number of benzene rings is 3. The second-order valence-corrected chi connectivity index (χ2v) is 17.6. The van der Waals surface area contributed by atoms with Crippen molar-refractivity contribution in [1.82, 2.24) is 5.32 Å². The van der Waals surface area contributed by atoms with Gasteiger partial charge in [-0.3, -0.25) is 19.2 Å². The van der Waals surface area contributed by atoms with Crippen molar-refractivity contribution in [3.05, 3.63) is 119 Å². The number of carbonyl (C=O) groups excluding carboxylic acids is 6. The Kier molecular flexibility index (Phi) is 12.3. The van der Waals surface area contributed by atoms with Crippen LogP contribution in [0.3, 0.4) is 0 Å². The number of Topliss-reactive ketones (excluding diaryl/α,β-unsaturated/α-hetero) is 1. The quantitative estimate of drug-likeness (QED) is 0.139. The topological polar surface area (TPSA) is 210 Å². The maximum Gasteiger partial charge on any atom is 0.338 e. The molecule has 1 heterocycles. The second kappa shape index (κ2) is 17.1. The lowest BCUT2D eigenvalue weighted by molar-refractivity contribution is -0.347. The van der Waals surface area contributed by atoms with E-state index in [9.17, 15) is 34.2 Å². The van der Waals surface area contributed by atoms with Gasteiger partial charge in [-0.25, -0.2) is 9.59 Å². The molecule has 334 valence electrons. The zero-order chi connectivity index (χ0) is 45.6. The number of fused-ring (bicyclic) bond motifs is 5. The largest absolute Gasteiger partial charge is 0.456 e. The van der Waals surface area contributed by atoms with Crippen LogP contribution >= 0.6 is 0 Å². The summed E-state index contributed by atoms with van der Waals surface area (Å²) >= 11 is 0. The summed E-state index contributed by atoms with van der Waals surface area (Å²) in [4.78, 5) is 84.1. The van der Waals surface area contributed by atoms with Crippen molar-refractivity contribution in [3.63, 3.8) is 0 Å². The van der Waals surface area contributed by atoms with Gasteiger partial charge in [0.05, 0.1) is 35.6 Å². The van der Waals surface area contributed by atoms with Gasteiger partial charge in [-0.05, 0) is 54.8 Å². The fraction of sp³-hybridized carbons (Fsp3) is 0.458. The monoisotopic (exact) mass is 867 g/mol. The summed E-state index contributed by atoms with van der Waals surface area (Å²) in [5.74, 6) is -6.40. The summed E-state index contributed by atoms with van der Waals surface area (Å²) in [6.07, 6.45) is -9.33. The van der Waals surface area contributed by atoms with Crippen LogP contribution in [-0.2, 0) is 47.6 Å². The van der Waals surface area contributed by atoms with E-state index in [-0.39, 0.29) is 35.3 Å². The number of ketones is 1. The lowest BCUT2D eigenvalue weighted by Gasteiger charge is -2.67. The van der Waals surface area contributed by atoms with Crippen LogP contribution in [0.2, 0.25) is 0 Å². The molecule has 15 heteroatoms. The summed E-state index contributed by atoms with van der Waals surface area (Å²) < 4.78 is 36.8. The third-order valence-electron chi connectivity index (χ3n) is 13.7. The van der Waals surface area contributed by atoms with Gasteiger partial charge < -0.3 is 44.0 Å². The lowest BCUT2D eigenvalue weighted by Crippen LogP contribution is -2.82. The molecular formula is C48H53NO14. The number of carbonyl (C=O) groups is 6. The first-order valence-electron chi connectivity index (χ1n) is 20.9. The molecule has 0 aromatic heterocycles. The number of esters is 4. The van der Waals surface area contributed by atoms with Crippen molar-refractivity contribution in [2.24, 2.45) is 16.7 Å². The Bertz CT molecular complexity index is 2300.